The van der Waals surface area contributed by atoms with Gasteiger partial charge in [-0.05, 0) is 31.7 Å². The van der Waals surface area contributed by atoms with Crippen LogP contribution in [-0.2, 0) is 6.54 Å². The molecule has 2 unspecified atom stereocenters. The first-order valence-corrected chi connectivity index (χ1v) is 6.92. The maximum atomic E-state index is 5.85. The summed E-state index contributed by atoms with van der Waals surface area (Å²) < 4.78 is 3.91. The zero-order valence-corrected chi connectivity index (χ0v) is 10.2. The van der Waals surface area contributed by atoms with E-state index in [9.17, 15) is 0 Å². The summed E-state index contributed by atoms with van der Waals surface area (Å²) in [5.41, 5.74) is 6.84. The summed E-state index contributed by atoms with van der Waals surface area (Å²) in [5.74, 6) is 0.932. The van der Waals surface area contributed by atoms with Crippen LogP contribution in [0, 0.1) is 5.92 Å². The summed E-state index contributed by atoms with van der Waals surface area (Å²) in [6.07, 6.45) is 6.97. The molecule has 1 aliphatic carbocycles. The van der Waals surface area contributed by atoms with Crippen LogP contribution in [0.15, 0.2) is 0 Å². The fourth-order valence-electron chi connectivity index (χ4n) is 3.22. The van der Waals surface area contributed by atoms with E-state index in [2.05, 4.69) is 14.5 Å². The van der Waals surface area contributed by atoms with Crippen molar-refractivity contribution >= 4 is 16.5 Å². The van der Waals surface area contributed by atoms with Gasteiger partial charge in [0.25, 0.3) is 0 Å². The van der Waals surface area contributed by atoms with Crippen molar-refractivity contribution in [3.05, 3.63) is 5.69 Å². The molecule has 0 amide bonds. The average molecular weight is 238 g/mol. The van der Waals surface area contributed by atoms with Gasteiger partial charge in [-0.2, -0.15) is 0 Å². The van der Waals surface area contributed by atoms with Gasteiger partial charge in [0.1, 0.15) is 10.7 Å². The number of anilines is 1. The fourth-order valence-corrected chi connectivity index (χ4v) is 3.65. The Balaban J connectivity index is 1.69. The first-order chi connectivity index (χ1) is 7.84. The molecule has 2 aliphatic rings. The molecule has 0 aromatic carbocycles. The predicted octanol–water partition coefficient (Wildman–Crippen LogP) is 1.88. The van der Waals surface area contributed by atoms with Crippen molar-refractivity contribution in [2.45, 2.75) is 44.7 Å². The van der Waals surface area contributed by atoms with E-state index in [0.717, 1.165) is 29.2 Å². The molecule has 3 rings (SSSR count). The van der Waals surface area contributed by atoms with E-state index in [-0.39, 0.29) is 0 Å². The van der Waals surface area contributed by atoms with Gasteiger partial charge in [0, 0.05) is 24.1 Å². The van der Waals surface area contributed by atoms with Crippen molar-refractivity contribution in [3.8, 4) is 0 Å². The summed E-state index contributed by atoms with van der Waals surface area (Å²) in [6, 6.07) is 0.787. The molecule has 5 heteroatoms. The van der Waals surface area contributed by atoms with Gasteiger partial charge in [-0.1, -0.05) is 17.3 Å². The molecule has 1 aromatic heterocycles. The van der Waals surface area contributed by atoms with E-state index in [0.29, 0.717) is 0 Å². The van der Waals surface area contributed by atoms with E-state index in [1.807, 2.05) is 0 Å². The van der Waals surface area contributed by atoms with Crippen molar-refractivity contribution in [3.63, 3.8) is 0 Å². The van der Waals surface area contributed by atoms with Crippen LogP contribution in [0.25, 0.3) is 0 Å². The van der Waals surface area contributed by atoms with E-state index < -0.39 is 0 Å². The van der Waals surface area contributed by atoms with Crippen molar-refractivity contribution in [2.75, 3.05) is 12.3 Å². The minimum absolute atomic E-state index is 0.787. The molecule has 2 N–H and O–H groups in total. The zero-order chi connectivity index (χ0) is 11.0. The molecule has 1 saturated carbocycles. The average Bonchev–Trinajstić information content (AvgIpc) is 2.88. The lowest BCUT2D eigenvalue weighted by Gasteiger charge is -2.31. The van der Waals surface area contributed by atoms with Gasteiger partial charge in [-0.25, -0.2) is 0 Å². The van der Waals surface area contributed by atoms with Crippen LogP contribution in [0.5, 0.6) is 0 Å². The maximum absolute atomic E-state index is 5.85. The number of fused-ring (bicyclic) bond motifs is 1. The molecule has 1 saturated heterocycles. The number of rotatable bonds is 2. The Morgan fingerprint density at radius 2 is 2.19 bits per heavy atom. The number of likely N-dealkylation sites (tertiary alicyclic amines) is 1. The summed E-state index contributed by atoms with van der Waals surface area (Å²) >= 11 is 1.31. The highest BCUT2D eigenvalue weighted by Crippen LogP contribution is 2.37. The Bertz CT molecular complexity index is 365. The molecular formula is C11H18N4S. The lowest BCUT2D eigenvalue weighted by atomic mass is 9.85. The quantitative estimate of drug-likeness (QED) is 0.855. The molecule has 1 aromatic rings. The minimum Gasteiger partial charge on any atom is -0.388 e. The van der Waals surface area contributed by atoms with Crippen LogP contribution in [0.3, 0.4) is 0 Å². The van der Waals surface area contributed by atoms with E-state index in [1.54, 1.807) is 0 Å². The number of nitrogens with zero attached hydrogens (tertiary/aromatic N) is 3. The first-order valence-electron chi connectivity index (χ1n) is 6.15. The topological polar surface area (TPSA) is 55.0 Å². The third-order valence-electron chi connectivity index (χ3n) is 4.06. The number of hydrogen-bond donors (Lipinski definition) is 1. The monoisotopic (exact) mass is 238 g/mol. The van der Waals surface area contributed by atoms with E-state index in [4.69, 9.17) is 5.73 Å². The Labute approximate surface area is 100.0 Å². The standard InChI is InChI=1S/C11H18N4S/c12-11-9(13-14-16-11)7-15-6-5-8-3-1-2-4-10(8)15/h8,10H,1-7,12H2. The minimum atomic E-state index is 0.787. The third kappa shape index (κ3) is 1.82. The molecule has 0 radical (unpaired) electrons. The molecule has 0 spiro atoms. The van der Waals surface area contributed by atoms with Gasteiger partial charge < -0.3 is 5.73 Å². The molecule has 2 atom stereocenters. The molecule has 4 nitrogen and oxygen atoms in total. The van der Waals surface area contributed by atoms with Gasteiger partial charge in [0.05, 0.1) is 0 Å². The van der Waals surface area contributed by atoms with Crippen molar-refractivity contribution in [1.82, 2.24) is 14.5 Å². The van der Waals surface area contributed by atoms with Crippen LogP contribution < -0.4 is 5.73 Å². The lowest BCUT2D eigenvalue weighted by Crippen LogP contribution is -2.34. The second-order valence-electron chi connectivity index (χ2n) is 4.95. The highest BCUT2D eigenvalue weighted by molar-refractivity contribution is 7.09. The van der Waals surface area contributed by atoms with Crippen LogP contribution in [0.1, 0.15) is 37.8 Å². The van der Waals surface area contributed by atoms with Gasteiger partial charge in [-0.3, -0.25) is 4.90 Å². The van der Waals surface area contributed by atoms with Crippen LogP contribution in [-0.4, -0.2) is 27.1 Å². The number of nitrogens with two attached hydrogens (primary N) is 1. The lowest BCUT2D eigenvalue weighted by molar-refractivity contribution is 0.174. The molecule has 88 valence electrons. The number of aromatic nitrogens is 2. The van der Waals surface area contributed by atoms with Gasteiger partial charge in [0.2, 0.25) is 0 Å². The summed E-state index contributed by atoms with van der Waals surface area (Å²) in [7, 11) is 0. The molecule has 2 fully saturated rings. The van der Waals surface area contributed by atoms with Crippen LogP contribution >= 0.6 is 11.5 Å². The van der Waals surface area contributed by atoms with Crippen LogP contribution in [0.2, 0.25) is 0 Å². The number of hydrogen-bond acceptors (Lipinski definition) is 5. The van der Waals surface area contributed by atoms with Gasteiger partial charge in [-0.15, -0.1) is 5.10 Å². The predicted molar refractivity (Wildman–Crippen MR) is 65.1 cm³/mol. The van der Waals surface area contributed by atoms with Crippen molar-refractivity contribution in [1.29, 1.82) is 0 Å². The Kier molecular flexibility index (Phi) is 2.81. The van der Waals surface area contributed by atoms with Gasteiger partial charge in [0.15, 0.2) is 0 Å². The number of nitrogen functional groups attached to an aromatic ring is 1. The highest BCUT2D eigenvalue weighted by atomic mass is 32.1. The van der Waals surface area contributed by atoms with Crippen molar-refractivity contribution in [2.24, 2.45) is 5.92 Å². The Morgan fingerprint density at radius 3 is 3.00 bits per heavy atom. The van der Waals surface area contributed by atoms with E-state index >= 15 is 0 Å². The largest absolute Gasteiger partial charge is 0.388 e. The van der Waals surface area contributed by atoms with Gasteiger partial charge >= 0.3 is 0 Å². The molecular weight excluding hydrogens is 220 g/mol. The molecule has 0 bridgehead atoms. The zero-order valence-electron chi connectivity index (χ0n) is 9.43. The fraction of sp³-hybridized carbons (Fsp3) is 0.818. The summed E-state index contributed by atoms with van der Waals surface area (Å²) in [4.78, 5) is 2.57. The van der Waals surface area contributed by atoms with Crippen LogP contribution in [0.4, 0.5) is 5.00 Å². The first kappa shape index (κ1) is 10.5. The smallest absolute Gasteiger partial charge is 0.132 e. The SMILES string of the molecule is Nc1snnc1CN1CCC2CCCCC21. The molecule has 1 aliphatic heterocycles. The summed E-state index contributed by atoms with van der Waals surface area (Å²) in [5, 5.41) is 4.91. The van der Waals surface area contributed by atoms with Crippen molar-refractivity contribution < 1.29 is 0 Å². The molecule has 2 heterocycles. The molecule has 16 heavy (non-hydrogen) atoms. The highest BCUT2D eigenvalue weighted by Gasteiger charge is 2.35. The van der Waals surface area contributed by atoms with E-state index in [1.165, 1.54) is 50.2 Å². The second-order valence-corrected chi connectivity index (χ2v) is 5.74. The maximum Gasteiger partial charge on any atom is 0.132 e. The Morgan fingerprint density at radius 1 is 1.31 bits per heavy atom. The normalized spacial score (nSPS) is 30.5. The second kappa shape index (κ2) is 4.30. The Hall–Kier alpha value is -0.680. The summed E-state index contributed by atoms with van der Waals surface area (Å²) in [6.45, 7) is 2.12. The third-order valence-corrected chi connectivity index (χ3v) is 4.66.